The number of benzene rings is 1. The molecule has 0 bridgehead atoms. The maximum atomic E-state index is 13.0. The van der Waals surface area contributed by atoms with Gasteiger partial charge in [-0.25, -0.2) is 0 Å². The molecule has 27 heavy (non-hydrogen) atoms. The number of rotatable bonds is 4. The fraction of sp³-hybridized carbons (Fsp3) is 0.286. The molecule has 1 atom stereocenters. The second-order valence-corrected chi connectivity index (χ2v) is 6.71. The van der Waals surface area contributed by atoms with Gasteiger partial charge in [0.25, 0.3) is 0 Å². The van der Waals surface area contributed by atoms with Crippen molar-refractivity contribution >= 4 is 17.1 Å². The number of pyridine rings is 1. The van der Waals surface area contributed by atoms with Gasteiger partial charge in [0.05, 0.1) is 23.9 Å². The number of allylic oxidation sites excluding steroid dienone is 2. The highest BCUT2D eigenvalue weighted by atomic mass is 16.5. The molecule has 0 amide bonds. The van der Waals surface area contributed by atoms with Gasteiger partial charge >= 0.3 is 0 Å². The molecule has 140 valence electrons. The number of phenols is 2. The molecule has 1 unspecified atom stereocenters. The molecule has 2 aromatic rings. The Morgan fingerprint density at radius 3 is 2.48 bits per heavy atom. The molecule has 1 aromatic heterocycles. The van der Waals surface area contributed by atoms with E-state index < -0.39 is 23.1 Å². The first-order valence-electron chi connectivity index (χ1n) is 8.71. The monoisotopic (exact) mass is 367 g/mol. The number of carbonyl (C=O) groups is 2. The van der Waals surface area contributed by atoms with E-state index in [-0.39, 0.29) is 28.0 Å². The summed E-state index contributed by atoms with van der Waals surface area (Å²) in [5.41, 5.74) is 1.64. The first-order chi connectivity index (χ1) is 12.8. The number of hydrogen-bond donors (Lipinski definition) is 2. The third kappa shape index (κ3) is 2.97. The second-order valence-electron chi connectivity index (χ2n) is 6.71. The maximum absolute atomic E-state index is 13.0. The number of methoxy groups -OCH3 is 1. The molecule has 6 heteroatoms. The Labute approximate surface area is 157 Å². The zero-order valence-electron chi connectivity index (χ0n) is 15.7. The van der Waals surface area contributed by atoms with Crippen LogP contribution in [0.5, 0.6) is 17.2 Å². The van der Waals surface area contributed by atoms with Crippen LogP contribution in [-0.2, 0) is 0 Å². The van der Waals surface area contributed by atoms with E-state index in [1.54, 1.807) is 6.07 Å². The Balaban J connectivity index is 2.17. The second kappa shape index (κ2) is 6.87. The molecule has 1 aromatic carbocycles. The number of nitrogens with zero attached hydrogens (tertiary/aromatic N) is 1. The first kappa shape index (κ1) is 18.6. The van der Waals surface area contributed by atoms with E-state index >= 15 is 0 Å². The Bertz CT molecular complexity index is 991. The Kier molecular flexibility index (Phi) is 4.74. The number of aromatic nitrogens is 1. The van der Waals surface area contributed by atoms with Crippen LogP contribution in [0.15, 0.2) is 24.4 Å². The van der Waals surface area contributed by atoms with Gasteiger partial charge in [0.15, 0.2) is 23.1 Å². The highest BCUT2D eigenvalue weighted by Gasteiger charge is 2.35. The summed E-state index contributed by atoms with van der Waals surface area (Å²) in [5.74, 6) is -1.92. The third-order valence-corrected chi connectivity index (χ3v) is 4.91. The van der Waals surface area contributed by atoms with Crippen LogP contribution >= 0.6 is 0 Å². The number of aromatic hydroxyl groups is 2. The molecule has 3 rings (SSSR count). The zero-order valence-corrected chi connectivity index (χ0v) is 15.7. The predicted octanol–water partition coefficient (Wildman–Crippen LogP) is 3.73. The van der Waals surface area contributed by atoms with Crippen LogP contribution in [0.25, 0.3) is 5.57 Å². The van der Waals surface area contributed by atoms with Crippen LogP contribution in [0, 0.1) is 5.92 Å². The fourth-order valence-corrected chi connectivity index (χ4v) is 3.15. The fourth-order valence-electron chi connectivity index (χ4n) is 3.15. The summed E-state index contributed by atoms with van der Waals surface area (Å²) in [4.78, 5) is 30.1. The van der Waals surface area contributed by atoms with Crippen molar-refractivity contribution in [3.8, 4) is 17.2 Å². The van der Waals surface area contributed by atoms with Crippen molar-refractivity contribution in [2.45, 2.75) is 27.2 Å². The van der Waals surface area contributed by atoms with E-state index in [1.165, 1.54) is 19.4 Å². The molecule has 1 aliphatic rings. The van der Waals surface area contributed by atoms with Gasteiger partial charge in [0.2, 0.25) is 5.75 Å². The summed E-state index contributed by atoms with van der Waals surface area (Å²) in [6.07, 6.45) is 4.41. The molecule has 1 aliphatic carbocycles. The summed E-state index contributed by atoms with van der Waals surface area (Å²) in [5, 5.41) is 20.2. The summed E-state index contributed by atoms with van der Waals surface area (Å²) in [6.45, 7) is 6.09. The highest BCUT2D eigenvalue weighted by molar-refractivity contribution is 6.29. The first-order valence-corrected chi connectivity index (χ1v) is 8.71. The van der Waals surface area contributed by atoms with E-state index in [9.17, 15) is 19.8 Å². The van der Waals surface area contributed by atoms with Gasteiger partial charge in [-0.3, -0.25) is 14.6 Å². The molecule has 2 N–H and O–H groups in total. The lowest BCUT2D eigenvalue weighted by Gasteiger charge is -2.20. The van der Waals surface area contributed by atoms with Crippen molar-refractivity contribution in [2.75, 3.05) is 7.11 Å². The standard InChI is InChI=1S/C21H21NO5/c1-5-10(2)6-11(3)15-7-12-14(9-22-15)19(24)17-13(18(12)23)8-16(27-4)20(25)21(17)26/h6-10,25-26H,5H2,1-4H3/b11-6+. The SMILES string of the molecule is CCC(C)/C=C(\C)c1cc2c(cn1)C(=O)c1c(cc(OC)c(O)c1O)C2=O. The van der Waals surface area contributed by atoms with Crippen molar-refractivity contribution in [2.24, 2.45) is 5.92 Å². The third-order valence-electron chi connectivity index (χ3n) is 4.91. The van der Waals surface area contributed by atoms with Gasteiger partial charge in [-0.15, -0.1) is 0 Å². The molecule has 0 saturated heterocycles. The van der Waals surface area contributed by atoms with Crippen LogP contribution in [-0.4, -0.2) is 33.9 Å². The molecule has 0 spiro atoms. The summed E-state index contributed by atoms with van der Waals surface area (Å²) in [7, 11) is 1.30. The lowest BCUT2D eigenvalue weighted by molar-refractivity contribution is 0.0975. The largest absolute Gasteiger partial charge is 0.504 e. The number of fused-ring (bicyclic) bond motifs is 2. The van der Waals surface area contributed by atoms with Crippen molar-refractivity contribution in [1.29, 1.82) is 0 Å². The Morgan fingerprint density at radius 1 is 1.15 bits per heavy atom. The van der Waals surface area contributed by atoms with Gasteiger partial charge in [-0.05, 0) is 30.5 Å². The van der Waals surface area contributed by atoms with E-state index in [0.29, 0.717) is 11.6 Å². The molecule has 6 nitrogen and oxygen atoms in total. The van der Waals surface area contributed by atoms with Gasteiger partial charge in [0.1, 0.15) is 0 Å². The van der Waals surface area contributed by atoms with Gasteiger partial charge < -0.3 is 14.9 Å². The van der Waals surface area contributed by atoms with Crippen LogP contribution in [0.4, 0.5) is 0 Å². The minimum atomic E-state index is -0.662. The zero-order chi connectivity index (χ0) is 19.9. The van der Waals surface area contributed by atoms with E-state index in [2.05, 4.69) is 24.9 Å². The number of ether oxygens (including phenoxy) is 1. The number of phenolic OH excluding ortho intramolecular Hbond substituents is 2. The van der Waals surface area contributed by atoms with E-state index in [0.717, 1.165) is 12.0 Å². The van der Waals surface area contributed by atoms with Crippen molar-refractivity contribution in [3.63, 3.8) is 0 Å². The number of carbonyl (C=O) groups excluding carboxylic acids is 2. The van der Waals surface area contributed by atoms with Gasteiger partial charge in [-0.2, -0.15) is 0 Å². The van der Waals surface area contributed by atoms with Crippen molar-refractivity contribution in [1.82, 2.24) is 4.98 Å². The van der Waals surface area contributed by atoms with Crippen LogP contribution in [0.3, 0.4) is 0 Å². The number of hydrogen-bond acceptors (Lipinski definition) is 6. The Morgan fingerprint density at radius 2 is 1.85 bits per heavy atom. The van der Waals surface area contributed by atoms with Crippen molar-refractivity contribution in [3.05, 3.63) is 52.4 Å². The molecule has 0 saturated carbocycles. The highest BCUT2D eigenvalue weighted by Crippen LogP contribution is 2.44. The lowest BCUT2D eigenvalue weighted by Crippen LogP contribution is -2.22. The maximum Gasteiger partial charge on any atom is 0.201 e. The molecular weight excluding hydrogens is 346 g/mol. The topological polar surface area (TPSA) is 96.7 Å². The lowest BCUT2D eigenvalue weighted by atomic mass is 9.83. The van der Waals surface area contributed by atoms with Gasteiger partial charge in [-0.1, -0.05) is 26.3 Å². The molecule has 0 fully saturated rings. The molecular formula is C21H21NO5. The average molecular weight is 367 g/mol. The van der Waals surface area contributed by atoms with E-state index in [4.69, 9.17) is 4.74 Å². The summed E-state index contributed by atoms with van der Waals surface area (Å²) in [6, 6.07) is 2.87. The summed E-state index contributed by atoms with van der Waals surface area (Å²) < 4.78 is 4.99. The minimum Gasteiger partial charge on any atom is -0.504 e. The average Bonchev–Trinajstić information content (AvgIpc) is 2.67. The number of ketones is 2. The Hall–Kier alpha value is -3.15. The van der Waals surface area contributed by atoms with E-state index in [1.807, 2.05) is 6.92 Å². The van der Waals surface area contributed by atoms with Crippen LogP contribution in [0.1, 0.15) is 64.7 Å². The van der Waals surface area contributed by atoms with Crippen molar-refractivity contribution < 1.29 is 24.5 Å². The minimum absolute atomic E-state index is 0.000332. The predicted molar refractivity (Wildman–Crippen MR) is 101 cm³/mol. The molecule has 0 radical (unpaired) electrons. The summed E-state index contributed by atoms with van der Waals surface area (Å²) >= 11 is 0. The van der Waals surface area contributed by atoms with Gasteiger partial charge in [0, 0.05) is 17.3 Å². The normalized spacial score (nSPS) is 14.6. The van der Waals surface area contributed by atoms with Crippen LogP contribution < -0.4 is 4.74 Å². The smallest absolute Gasteiger partial charge is 0.201 e. The van der Waals surface area contributed by atoms with Crippen LogP contribution in [0.2, 0.25) is 0 Å². The quantitative estimate of drug-likeness (QED) is 0.682. The molecule has 1 heterocycles. The molecule has 0 aliphatic heterocycles.